The van der Waals surface area contributed by atoms with Crippen LogP contribution in [-0.4, -0.2) is 61.3 Å². The van der Waals surface area contributed by atoms with Crippen LogP contribution in [0.4, 0.5) is 11.4 Å². The quantitative estimate of drug-likeness (QED) is 0.176. The van der Waals surface area contributed by atoms with Crippen molar-refractivity contribution in [3.05, 3.63) is 101 Å². The number of nitrogens with one attached hydrogen (secondary N) is 1. The highest BCUT2D eigenvalue weighted by Crippen LogP contribution is 2.45. The normalized spacial score (nSPS) is 18.7. The van der Waals surface area contributed by atoms with Crippen LogP contribution in [0.1, 0.15) is 34.7 Å². The van der Waals surface area contributed by atoms with E-state index < -0.39 is 0 Å². The van der Waals surface area contributed by atoms with E-state index in [4.69, 9.17) is 43.0 Å². The fraction of sp³-hybridized carbons (Fsp3) is 0.333. The number of anilines is 2. The van der Waals surface area contributed by atoms with Crippen molar-refractivity contribution in [2.24, 2.45) is 0 Å². The first-order valence-corrected chi connectivity index (χ1v) is 15.3. The van der Waals surface area contributed by atoms with Gasteiger partial charge in [-0.05, 0) is 92.3 Å². The molecule has 2 aromatic heterocycles. The van der Waals surface area contributed by atoms with Crippen LogP contribution < -0.4 is 19.9 Å². The molecule has 0 spiro atoms. The lowest BCUT2D eigenvalue weighted by Crippen LogP contribution is -2.36. The van der Waals surface area contributed by atoms with Gasteiger partial charge in [-0.15, -0.1) is 0 Å². The standard InChI is InChI=1S/C33H36ClN5O3S/c1-22-20-27(23(2)38(22)25-9-7-24(8-10-25)37-14-16-41-17-15-37)32-31(29-6-4-5-13-35-29)36-33(43)39(32)26-11-12-30(28(34)21-26)42-19-18-40-3/h4-13,20-21,31-32H,14-19H2,1-3H3,(H,36,43)/t31-,32-/m0/s1. The molecule has 4 aromatic rings. The van der Waals surface area contributed by atoms with Crippen LogP contribution >= 0.6 is 23.8 Å². The number of thiocarbonyl (C=S) groups is 1. The molecule has 0 saturated carbocycles. The summed E-state index contributed by atoms with van der Waals surface area (Å²) < 4.78 is 18.8. The van der Waals surface area contributed by atoms with Crippen molar-refractivity contribution in [1.29, 1.82) is 0 Å². The lowest BCUT2D eigenvalue weighted by Gasteiger charge is -2.29. The summed E-state index contributed by atoms with van der Waals surface area (Å²) >= 11 is 12.7. The smallest absolute Gasteiger partial charge is 0.174 e. The second-order valence-electron chi connectivity index (χ2n) is 10.7. The number of aromatic nitrogens is 2. The van der Waals surface area contributed by atoms with Crippen LogP contribution in [0.25, 0.3) is 5.69 Å². The maximum Gasteiger partial charge on any atom is 0.174 e. The number of halogens is 1. The van der Waals surface area contributed by atoms with E-state index in [1.807, 2.05) is 42.6 Å². The summed E-state index contributed by atoms with van der Waals surface area (Å²) in [5.74, 6) is 0.608. The Balaban J connectivity index is 1.38. The van der Waals surface area contributed by atoms with E-state index in [9.17, 15) is 0 Å². The Morgan fingerprint density at radius 3 is 2.42 bits per heavy atom. The molecule has 6 rings (SSSR count). The molecule has 4 heterocycles. The van der Waals surface area contributed by atoms with Crippen molar-refractivity contribution >= 4 is 40.3 Å². The topological polar surface area (TPSA) is 64.0 Å². The lowest BCUT2D eigenvalue weighted by molar-refractivity contribution is 0.122. The first-order chi connectivity index (χ1) is 21.0. The van der Waals surface area contributed by atoms with E-state index in [0.717, 1.165) is 60.3 Å². The third kappa shape index (κ3) is 5.95. The number of hydrogen-bond acceptors (Lipinski definition) is 6. The van der Waals surface area contributed by atoms with Crippen molar-refractivity contribution in [3.63, 3.8) is 0 Å². The van der Waals surface area contributed by atoms with E-state index in [1.165, 1.54) is 5.69 Å². The molecule has 0 aliphatic carbocycles. The molecule has 224 valence electrons. The lowest BCUT2D eigenvalue weighted by atomic mass is 9.96. The number of methoxy groups -OCH3 is 1. The van der Waals surface area contributed by atoms with Crippen LogP contribution in [0.5, 0.6) is 5.75 Å². The summed E-state index contributed by atoms with van der Waals surface area (Å²) in [5, 5.41) is 4.69. The summed E-state index contributed by atoms with van der Waals surface area (Å²) in [4.78, 5) is 9.23. The largest absolute Gasteiger partial charge is 0.490 e. The summed E-state index contributed by atoms with van der Waals surface area (Å²) in [6, 6.07) is 22.5. The Morgan fingerprint density at radius 2 is 1.72 bits per heavy atom. The van der Waals surface area contributed by atoms with Crippen molar-refractivity contribution in [3.8, 4) is 11.4 Å². The minimum atomic E-state index is -0.164. The molecule has 43 heavy (non-hydrogen) atoms. The molecule has 2 fully saturated rings. The van der Waals surface area contributed by atoms with Gasteiger partial charge >= 0.3 is 0 Å². The average molecular weight is 618 g/mol. The Bertz CT molecular complexity index is 1570. The van der Waals surface area contributed by atoms with Gasteiger partial charge in [0.1, 0.15) is 12.4 Å². The van der Waals surface area contributed by atoms with Crippen LogP contribution in [0.2, 0.25) is 5.02 Å². The van der Waals surface area contributed by atoms with Gasteiger partial charge in [-0.2, -0.15) is 0 Å². The molecule has 0 unspecified atom stereocenters. The van der Waals surface area contributed by atoms with E-state index in [0.29, 0.717) is 29.1 Å². The van der Waals surface area contributed by atoms with Crippen LogP contribution in [-0.2, 0) is 9.47 Å². The molecule has 0 amide bonds. The fourth-order valence-corrected chi connectivity index (χ4v) is 6.63. The molecule has 0 radical (unpaired) electrons. The minimum absolute atomic E-state index is 0.161. The van der Waals surface area contributed by atoms with Crippen molar-refractivity contribution < 1.29 is 14.2 Å². The van der Waals surface area contributed by atoms with Crippen molar-refractivity contribution in [2.45, 2.75) is 25.9 Å². The molecular weight excluding hydrogens is 582 g/mol. The van der Waals surface area contributed by atoms with Crippen LogP contribution in [0, 0.1) is 13.8 Å². The number of ether oxygens (including phenoxy) is 3. The summed E-state index contributed by atoms with van der Waals surface area (Å²) in [6.45, 7) is 8.58. The highest BCUT2D eigenvalue weighted by atomic mass is 35.5. The third-order valence-electron chi connectivity index (χ3n) is 8.11. The number of pyridine rings is 1. The number of morpholine rings is 1. The molecule has 0 bridgehead atoms. The van der Waals surface area contributed by atoms with Gasteiger partial charge < -0.3 is 33.9 Å². The molecule has 1 N–H and O–H groups in total. The SMILES string of the molecule is COCCOc1ccc(N2C(=S)N[C@@H](c3ccccn3)[C@@H]2c2cc(C)n(-c3ccc(N4CCOCC4)cc3)c2C)cc1Cl. The van der Waals surface area contributed by atoms with E-state index in [2.05, 4.69) is 63.9 Å². The van der Waals surface area contributed by atoms with Gasteiger partial charge in [-0.1, -0.05) is 17.7 Å². The first kappa shape index (κ1) is 29.4. The zero-order chi connectivity index (χ0) is 29.9. The predicted molar refractivity (Wildman–Crippen MR) is 175 cm³/mol. The predicted octanol–water partition coefficient (Wildman–Crippen LogP) is 6.18. The van der Waals surface area contributed by atoms with Gasteiger partial charge in [-0.25, -0.2) is 0 Å². The summed E-state index contributed by atoms with van der Waals surface area (Å²) in [5.41, 5.74) is 7.58. The first-order valence-electron chi connectivity index (χ1n) is 14.5. The maximum absolute atomic E-state index is 6.71. The Labute approximate surface area is 263 Å². The van der Waals surface area contributed by atoms with Gasteiger partial charge in [0.2, 0.25) is 0 Å². The van der Waals surface area contributed by atoms with Gasteiger partial charge in [0.05, 0.1) is 42.6 Å². The fourth-order valence-electron chi connectivity index (χ4n) is 6.06. The van der Waals surface area contributed by atoms with Crippen LogP contribution in [0.15, 0.2) is 72.9 Å². The van der Waals surface area contributed by atoms with Crippen molar-refractivity contribution in [2.75, 3.05) is 56.4 Å². The van der Waals surface area contributed by atoms with Gasteiger partial charge in [0.25, 0.3) is 0 Å². The Hall–Kier alpha value is -3.63. The minimum Gasteiger partial charge on any atom is -0.490 e. The summed E-state index contributed by atoms with van der Waals surface area (Å²) in [7, 11) is 1.64. The zero-order valence-corrected chi connectivity index (χ0v) is 26.2. The third-order valence-corrected chi connectivity index (χ3v) is 8.72. The zero-order valence-electron chi connectivity index (χ0n) is 24.6. The second kappa shape index (κ2) is 12.9. The van der Waals surface area contributed by atoms with E-state index >= 15 is 0 Å². The molecule has 2 aromatic carbocycles. The monoisotopic (exact) mass is 617 g/mol. The molecule has 2 saturated heterocycles. The Kier molecular flexibility index (Phi) is 8.85. The molecule has 2 aliphatic heterocycles. The van der Waals surface area contributed by atoms with Crippen molar-refractivity contribution in [1.82, 2.24) is 14.9 Å². The van der Waals surface area contributed by atoms with E-state index in [1.54, 1.807) is 7.11 Å². The van der Waals surface area contributed by atoms with Gasteiger partial charge in [0.15, 0.2) is 5.11 Å². The molecule has 8 nitrogen and oxygen atoms in total. The highest BCUT2D eigenvalue weighted by Gasteiger charge is 2.42. The summed E-state index contributed by atoms with van der Waals surface area (Å²) in [6.07, 6.45) is 1.82. The number of hydrogen-bond donors (Lipinski definition) is 1. The van der Waals surface area contributed by atoms with Crippen LogP contribution in [0.3, 0.4) is 0 Å². The average Bonchev–Trinajstić information content (AvgIpc) is 3.53. The number of rotatable bonds is 9. The van der Waals surface area contributed by atoms with E-state index in [-0.39, 0.29) is 12.1 Å². The Morgan fingerprint density at radius 1 is 0.977 bits per heavy atom. The highest BCUT2D eigenvalue weighted by molar-refractivity contribution is 7.80. The number of nitrogens with zero attached hydrogens (tertiary/aromatic N) is 4. The number of aryl methyl sites for hydroxylation is 1. The molecule has 10 heteroatoms. The van der Waals surface area contributed by atoms with Gasteiger partial charge in [0, 0.05) is 54.8 Å². The molecule has 2 aliphatic rings. The molecule has 2 atom stereocenters. The van der Waals surface area contributed by atoms with Gasteiger partial charge in [-0.3, -0.25) is 4.98 Å². The maximum atomic E-state index is 6.71. The molecular formula is C33H36ClN5O3S. The second-order valence-corrected chi connectivity index (χ2v) is 11.5. The number of benzene rings is 2.